The Morgan fingerprint density at radius 2 is 1.83 bits per heavy atom. The van der Waals surface area contributed by atoms with E-state index < -0.39 is 0 Å². The Morgan fingerprint density at radius 3 is 2.00 bits per heavy atom. The van der Waals surface area contributed by atoms with Crippen molar-refractivity contribution in [2.24, 2.45) is 0 Å². The van der Waals surface area contributed by atoms with E-state index >= 15 is 0 Å². The van der Waals surface area contributed by atoms with E-state index in [1.807, 2.05) is 10.4 Å². The zero-order chi connectivity index (χ0) is 4.41. The quantitative estimate of drug-likeness (QED) is 0.361. The Hall–Kier alpha value is -1.20. The maximum Gasteiger partial charge on any atom is 0.203 e. The highest BCUT2D eigenvalue weighted by molar-refractivity contribution is 3.73. The second-order valence-electron chi connectivity index (χ2n) is 0.694. The second-order valence-corrected chi connectivity index (χ2v) is 0.694. The number of aromatic amines is 2. The molecule has 0 aliphatic rings. The molecule has 0 amide bonds. The second kappa shape index (κ2) is 0.886. The van der Waals surface area contributed by atoms with Crippen molar-refractivity contribution in [1.29, 1.82) is 0 Å². The van der Waals surface area contributed by atoms with E-state index in [9.17, 15) is 4.91 Å². The van der Waals surface area contributed by atoms with Gasteiger partial charge < -0.3 is 0 Å². The first-order chi connectivity index (χ1) is 2.89. The smallest absolute Gasteiger partial charge is 0.0468 e. The summed E-state index contributed by atoms with van der Waals surface area (Å²) in [5.41, 5.74) is 0. The average Bonchev–Trinajstić information content (AvgIpc) is 1.86. The third-order valence-corrected chi connectivity index (χ3v) is 0.321. The number of rotatable bonds is 0. The van der Waals surface area contributed by atoms with Crippen LogP contribution >= 0.6 is 0 Å². The highest BCUT2D eigenvalue weighted by Gasteiger charge is 1.81. The number of H-pyrrole nitrogens is 2. The van der Waals surface area contributed by atoms with Gasteiger partial charge in [-0.2, -0.15) is 0 Å². The molecule has 1 heterocycles. The highest BCUT2D eigenvalue weighted by atomic mass is 16.3. The van der Waals surface area contributed by atoms with Crippen LogP contribution in [0.25, 0.3) is 0 Å². The Balaban J connectivity index is 3.41. The van der Waals surface area contributed by atoms with Gasteiger partial charge in [-0.1, -0.05) is 0 Å². The van der Waals surface area contributed by atoms with Gasteiger partial charge in [0.15, 0.2) is 0 Å². The molecule has 2 N–H and O–H groups in total. The van der Waals surface area contributed by atoms with Crippen LogP contribution in [0.5, 0.6) is 0 Å². The number of hydrogen-bond acceptors (Lipinski definition) is 3. The lowest BCUT2D eigenvalue weighted by Gasteiger charge is -1.41. The Morgan fingerprint density at radius 1 is 1.33 bits per heavy atom. The van der Waals surface area contributed by atoms with Gasteiger partial charge in [-0.15, -0.1) is 0 Å². The highest BCUT2D eigenvalue weighted by Crippen LogP contribution is 1.25. The minimum Gasteiger partial charge on any atom is -0.0468 e. The SMILES string of the molecule is O=[n+]1[nH]nn[nH]1. The summed E-state index contributed by atoms with van der Waals surface area (Å²) in [6.45, 7) is 0. The molecule has 0 aromatic carbocycles. The Labute approximate surface area is 31.7 Å². The van der Waals surface area contributed by atoms with Crippen LogP contribution in [-0.4, -0.2) is 20.9 Å². The number of nitrogens with zero attached hydrogens (tertiary/aromatic N) is 3. The van der Waals surface area contributed by atoms with Crippen LogP contribution in [0, 0.1) is 4.91 Å². The van der Waals surface area contributed by atoms with Crippen molar-refractivity contribution in [2.75, 3.05) is 0 Å². The molecule has 0 atom stereocenters. The van der Waals surface area contributed by atoms with E-state index in [0.717, 1.165) is 0 Å². The molecule has 0 aliphatic carbocycles. The Kier molecular flexibility index (Phi) is 0.444. The molecular weight excluding hydrogens is 86.0 g/mol. The molecule has 0 bridgehead atoms. The van der Waals surface area contributed by atoms with Crippen molar-refractivity contribution < 1.29 is 4.66 Å². The van der Waals surface area contributed by atoms with E-state index in [1.54, 1.807) is 0 Å². The fourth-order valence-corrected chi connectivity index (χ4v) is 0.148. The van der Waals surface area contributed by atoms with Crippen molar-refractivity contribution in [3.05, 3.63) is 4.91 Å². The summed E-state index contributed by atoms with van der Waals surface area (Å²) in [6.07, 6.45) is 0. The standard InChI is InChI=1S/H2N5O/c6-5-3-1-2-4-5/h(H2,1,2,3,4,6)/q+1. The van der Waals surface area contributed by atoms with Crippen LogP contribution in [0.3, 0.4) is 0 Å². The van der Waals surface area contributed by atoms with Gasteiger partial charge in [-0.25, -0.2) is 0 Å². The van der Waals surface area contributed by atoms with Crippen molar-refractivity contribution in [3.8, 4) is 0 Å². The monoisotopic (exact) mass is 88.0 g/mol. The third-order valence-electron chi connectivity index (χ3n) is 0.321. The first-order valence-electron chi connectivity index (χ1n) is 1.28. The van der Waals surface area contributed by atoms with Gasteiger partial charge >= 0.3 is 0 Å². The number of aromatic nitrogens is 5. The summed E-state index contributed by atoms with van der Waals surface area (Å²) in [5.74, 6) is 0. The average molecular weight is 88.0 g/mol. The van der Waals surface area contributed by atoms with Gasteiger partial charge in [0.05, 0.1) is 0 Å². The lowest BCUT2D eigenvalue weighted by atomic mass is 12.6. The fraction of sp³-hybridized carbons (Fsp3) is 0. The minimum absolute atomic E-state index is 0.278. The van der Waals surface area contributed by atoms with E-state index in [-0.39, 0.29) is 4.66 Å². The molecule has 0 aliphatic heterocycles. The number of hydrogen-bond donors (Lipinski definition) is 2. The molecule has 0 radical (unpaired) electrons. The maximum absolute atomic E-state index is 9.75. The van der Waals surface area contributed by atoms with Crippen LogP contribution in [0.15, 0.2) is 0 Å². The first kappa shape index (κ1) is 3.01. The Bertz CT molecular complexity index is 142. The summed E-state index contributed by atoms with van der Waals surface area (Å²) in [7, 11) is 0. The summed E-state index contributed by atoms with van der Waals surface area (Å²) in [6, 6.07) is 0. The fourth-order valence-electron chi connectivity index (χ4n) is 0.148. The predicted molar refractivity (Wildman–Crippen MR) is 14.1 cm³/mol. The van der Waals surface area contributed by atoms with E-state index in [4.69, 9.17) is 0 Å². The minimum atomic E-state index is 0.278. The first-order valence-corrected chi connectivity index (χ1v) is 1.28. The van der Waals surface area contributed by atoms with E-state index in [0.29, 0.717) is 0 Å². The summed E-state index contributed by atoms with van der Waals surface area (Å²) >= 11 is 0. The van der Waals surface area contributed by atoms with Gasteiger partial charge in [0.1, 0.15) is 4.66 Å². The van der Waals surface area contributed by atoms with Gasteiger partial charge in [-0.05, 0) is 15.3 Å². The van der Waals surface area contributed by atoms with Crippen LogP contribution in [0.4, 0.5) is 0 Å². The van der Waals surface area contributed by atoms with Crippen molar-refractivity contribution in [2.45, 2.75) is 0 Å². The van der Waals surface area contributed by atoms with Gasteiger partial charge in [0, 0.05) is 0 Å². The lowest BCUT2D eigenvalue weighted by Crippen LogP contribution is -2.18. The van der Waals surface area contributed by atoms with Gasteiger partial charge in [0.25, 0.3) is 0 Å². The van der Waals surface area contributed by atoms with Crippen molar-refractivity contribution in [1.82, 2.24) is 20.9 Å². The molecule has 1 aromatic rings. The predicted octanol–water partition coefficient (Wildman–Crippen LogP) is -1.95. The molecule has 0 spiro atoms. The van der Waals surface area contributed by atoms with Crippen LogP contribution in [-0.2, 0) is 0 Å². The summed E-state index contributed by atoms with van der Waals surface area (Å²) in [5, 5.41) is 9.97. The number of nitrogens with one attached hydrogen (secondary N) is 2. The molecule has 6 heavy (non-hydrogen) atoms. The third kappa shape index (κ3) is 0.270. The summed E-state index contributed by atoms with van der Waals surface area (Å²) < 4.78 is 0.278. The zero-order valence-electron chi connectivity index (χ0n) is 2.75. The van der Waals surface area contributed by atoms with Gasteiger partial charge in [0.2, 0.25) is 10.4 Å². The molecule has 0 saturated heterocycles. The van der Waals surface area contributed by atoms with Crippen molar-refractivity contribution in [3.63, 3.8) is 0 Å². The van der Waals surface area contributed by atoms with Crippen molar-refractivity contribution >= 4 is 0 Å². The van der Waals surface area contributed by atoms with E-state index in [2.05, 4.69) is 10.4 Å². The lowest BCUT2D eigenvalue weighted by molar-refractivity contribution is -0.628. The maximum atomic E-state index is 9.75. The largest absolute Gasteiger partial charge is 0.203 e. The zero-order valence-corrected chi connectivity index (χ0v) is 2.75. The molecule has 6 heteroatoms. The van der Waals surface area contributed by atoms with E-state index in [1.165, 1.54) is 0 Å². The summed E-state index contributed by atoms with van der Waals surface area (Å²) in [4.78, 5) is 9.75. The molecular formula is H2N5O+. The van der Waals surface area contributed by atoms with Gasteiger partial charge in [-0.3, -0.25) is 0 Å². The normalized spacial score (nSPS) is 8.67. The van der Waals surface area contributed by atoms with Crippen LogP contribution in [0.1, 0.15) is 0 Å². The molecule has 0 unspecified atom stereocenters. The molecule has 1 aromatic heterocycles. The molecule has 0 saturated carbocycles. The molecule has 6 nitrogen and oxygen atoms in total. The molecule has 32 valence electrons. The van der Waals surface area contributed by atoms with Crippen LogP contribution in [0.2, 0.25) is 0 Å². The van der Waals surface area contributed by atoms with Crippen LogP contribution < -0.4 is 4.66 Å². The topological polar surface area (TPSA) is 80.3 Å². The molecule has 0 fully saturated rings. The molecule has 1 rings (SSSR count).